The number of allylic oxidation sites excluding steroid dienone is 1. The van der Waals surface area contributed by atoms with Gasteiger partial charge < -0.3 is 4.74 Å². The number of alkyl halides is 5. The Morgan fingerprint density at radius 2 is 1.42 bits per heavy atom. The van der Waals surface area contributed by atoms with Crippen molar-refractivity contribution in [3.05, 3.63) is 35.9 Å². The lowest BCUT2D eigenvalue weighted by molar-refractivity contribution is -0.290. The summed E-state index contributed by atoms with van der Waals surface area (Å²) in [6, 6.07) is 6.22. The molecule has 1 aromatic carbocycles. The van der Waals surface area contributed by atoms with Crippen LogP contribution in [-0.2, 0) is 0 Å². The van der Waals surface area contributed by atoms with Gasteiger partial charge in [-0.2, -0.15) is 22.0 Å². The molecule has 0 aliphatic heterocycles. The van der Waals surface area contributed by atoms with Crippen LogP contribution < -0.4 is 4.74 Å². The van der Waals surface area contributed by atoms with E-state index in [9.17, 15) is 22.0 Å². The normalized spacial score (nSPS) is 27.1. The molecule has 0 aromatic heterocycles. The zero-order chi connectivity index (χ0) is 23.9. The second kappa shape index (κ2) is 11.7. The first kappa shape index (κ1) is 26.0. The molecule has 2 fully saturated rings. The van der Waals surface area contributed by atoms with Crippen LogP contribution in [0.5, 0.6) is 5.75 Å². The van der Waals surface area contributed by atoms with Crippen LogP contribution in [-0.4, -0.2) is 18.7 Å². The number of benzene rings is 1. The minimum Gasteiger partial charge on any atom is -0.487 e. The van der Waals surface area contributed by atoms with Crippen molar-refractivity contribution in [2.24, 2.45) is 23.7 Å². The first-order chi connectivity index (χ1) is 15.7. The van der Waals surface area contributed by atoms with E-state index in [4.69, 9.17) is 0 Å². The Bertz CT molecular complexity index is 724. The second-order valence-electron chi connectivity index (χ2n) is 10.0. The van der Waals surface area contributed by atoms with Gasteiger partial charge in [0.15, 0.2) is 6.61 Å². The SMILES string of the molecule is CCCC[C@H]1CC[C@H]([C@H]2CC[C@H](C=Cc3ccc(OCC(F)(F)C(F)(F)F)cc3)CC2)CC1. The van der Waals surface area contributed by atoms with Crippen molar-refractivity contribution in [2.45, 2.75) is 89.7 Å². The third-order valence-corrected chi connectivity index (χ3v) is 7.62. The lowest BCUT2D eigenvalue weighted by atomic mass is 9.68. The Morgan fingerprint density at radius 3 is 1.97 bits per heavy atom. The second-order valence-corrected chi connectivity index (χ2v) is 10.0. The fourth-order valence-corrected chi connectivity index (χ4v) is 5.43. The van der Waals surface area contributed by atoms with Crippen molar-refractivity contribution in [1.82, 2.24) is 0 Å². The zero-order valence-electron chi connectivity index (χ0n) is 19.6. The van der Waals surface area contributed by atoms with Gasteiger partial charge in [0.25, 0.3) is 0 Å². The molecule has 0 atom stereocenters. The summed E-state index contributed by atoms with van der Waals surface area (Å²) in [5, 5.41) is 0. The van der Waals surface area contributed by atoms with Crippen molar-refractivity contribution in [3.8, 4) is 5.75 Å². The molecule has 2 saturated carbocycles. The molecule has 186 valence electrons. The third kappa shape index (κ3) is 7.71. The number of rotatable bonds is 9. The molecule has 6 heteroatoms. The maximum atomic E-state index is 13.0. The van der Waals surface area contributed by atoms with E-state index in [0.717, 1.165) is 23.3 Å². The van der Waals surface area contributed by atoms with Crippen LogP contribution in [0.3, 0.4) is 0 Å². The van der Waals surface area contributed by atoms with Gasteiger partial charge in [-0.1, -0.05) is 63.3 Å². The molecule has 2 aliphatic rings. The van der Waals surface area contributed by atoms with Gasteiger partial charge in [-0.25, -0.2) is 0 Å². The summed E-state index contributed by atoms with van der Waals surface area (Å²) in [6.07, 6.45) is 13.3. The van der Waals surface area contributed by atoms with Gasteiger partial charge in [-0.3, -0.25) is 0 Å². The molecule has 0 spiro atoms. The van der Waals surface area contributed by atoms with Crippen molar-refractivity contribution in [3.63, 3.8) is 0 Å². The monoisotopic (exact) mass is 472 g/mol. The van der Waals surface area contributed by atoms with Gasteiger partial charge in [0.1, 0.15) is 5.75 Å². The summed E-state index contributed by atoms with van der Waals surface area (Å²) < 4.78 is 67.3. The summed E-state index contributed by atoms with van der Waals surface area (Å²) in [4.78, 5) is 0. The van der Waals surface area contributed by atoms with E-state index in [1.807, 2.05) is 6.08 Å². The van der Waals surface area contributed by atoms with Gasteiger partial charge in [-0.15, -0.1) is 0 Å². The van der Waals surface area contributed by atoms with E-state index in [0.29, 0.717) is 5.92 Å². The summed E-state index contributed by atoms with van der Waals surface area (Å²) in [5.41, 5.74) is 0.887. The average molecular weight is 473 g/mol. The molecule has 2 aliphatic carbocycles. The van der Waals surface area contributed by atoms with E-state index in [-0.39, 0.29) is 5.75 Å². The molecule has 0 unspecified atom stereocenters. The van der Waals surface area contributed by atoms with Crippen molar-refractivity contribution >= 4 is 6.08 Å². The Balaban J connectivity index is 1.39. The Hall–Kier alpha value is -1.59. The number of halogens is 5. The Kier molecular flexibility index (Phi) is 9.23. The third-order valence-electron chi connectivity index (χ3n) is 7.62. The van der Waals surface area contributed by atoms with E-state index >= 15 is 0 Å². The molecular weight excluding hydrogens is 435 g/mol. The first-order valence-corrected chi connectivity index (χ1v) is 12.5. The summed E-state index contributed by atoms with van der Waals surface area (Å²) in [6.45, 7) is 0.559. The molecule has 0 amide bonds. The zero-order valence-corrected chi connectivity index (χ0v) is 19.6. The standard InChI is InChI=1S/C27H37F5O/c1-2-3-4-20-7-13-23(14-8-20)24-15-9-21(10-16-24)5-6-22-11-17-25(18-12-22)33-19-26(28,29)27(30,31)32/h5-6,11-12,17-18,20-21,23-24H,2-4,7-10,13-16,19H2,1H3/t20-,21-,23-,24-. The van der Waals surface area contributed by atoms with Gasteiger partial charge in [-0.05, 0) is 79.9 Å². The average Bonchev–Trinajstić information content (AvgIpc) is 2.81. The molecule has 0 saturated heterocycles. The lowest BCUT2D eigenvalue weighted by Gasteiger charge is -2.37. The molecule has 33 heavy (non-hydrogen) atoms. The van der Waals surface area contributed by atoms with Gasteiger partial charge in [0.05, 0.1) is 0 Å². The van der Waals surface area contributed by atoms with Crippen LogP contribution in [0.2, 0.25) is 0 Å². The minimum absolute atomic E-state index is 0.000924. The number of ether oxygens (including phenoxy) is 1. The molecule has 0 bridgehead atoms. The summed E-state index contributed by atoms with van der Waals surface area (Å²) in [7, 11) is 0. The molecule has 1 aromatic rings. The Morgan fingerprint density at radius 1 is 0.848 bits per heavy atom. The predicted octanol–water partition coefficient (Wildman–Crippen LogP) is 9.08. The maximum Gasteiger partial charge on any atom is 0.456 e. The highest BCUT2D eigenvalue weighted by atomic mass is 19.4. The Labute approximate surface area is 194 Å². The molecule has 0 heterocycles. The van der Waals surface area contributed by atoms with E-state index < -0.39 is 18.7 Å². The quantitative estimate of drug-likeness (QED) is 0.326. The van der Waals surface area contributed by atoms with Gasteiger partial charge in [0, 0.05) is 0 Å². The van der Waals surface area contributed by atoms with Gasteiger partial charge in [0.2, 0.25) is 0 Å². The number of hydrogen-bond acceptors (Lipinski definition) is 1. The van der Waals surface area contributed by atoms with Crippen molar-refractivity contribution in [1.29, 1.82) is 0 Å². The predicted molar refractivity (Wildman–Crippen MR) is 122 cm³/mol. The summed E-state index contributed by atoms with van der Waals surface area (Å²) in [5.74, 6) is -1.58. The summed E-state index contributed by atoms with van der Waals surface area (Å²) >= 11 is 0. The highest BCUT2D eigenvalue weighted by Crippen LogP contribution is 2.42. The molecule has 1 nitrogen and oxygen atoms in total. The number of unbranched alkanes of at least 4 members (excludes halogenated alkanes) is 1. The minimum atomic E-state index is -5.61. The van der Waals surface area contributed by atoms with E-state index in [1.54, 1.807) is 12.1 Å². The van der Waals surface area contributed by atoms with Crippen LogP contribution in [0, 0.1) is 23.7 Å². The maximum absolute atomic E-state index is 13.0. The van der Waals surface area contributed by atoms with Gasteiger partial charge >= 0.3 is 12.1 Å². The molecular formula is C27H37F5O. The fraction of sp³-hybridized carbons (Fsp3) is 0.704. The molecule has 3 rings (SSSR count). The van der Waals surface area contributed by atoms with Crippen LogP contribution in [0.15, 0.2) is 30.3 Å². The van der Waals surface area contributed by atoms with Crippen molar-refractivity contribution < 1.29 is 26.7 Å². The smallest absolute Gasteiger partial charge is 0.456 e. The number of hydrogen-bond donors (Lipinski definition) is 0. The highest BCUT2D eigenvalue weighted by Gasteiger charge is 2.58. The topological polar surface area (TPSA) is 9.23 Å². The molecule has 0 radical (unpaired) electrons. The van der Waals surface area contributed by atoms with Crippen LogP contribution >= 0.6 is 0 Å². The fourth-order valence-electron chi connectivity index (χ4n) is 5.43. The van der Waals surface area contributed by atoms with Crippen LogP contribution in [0.1, 0.15) is 83.1 Å². The lowest BCUT2D eigenvalue weighted by Crippen LogP contribution is -2.41. The van der Waals surface area contributed by atoms with E-state index in [2.05, 4.69) is 17.7 Å². The highest BCUT2D eigenvalue weighted by molar-refractivity contribution is 5.50. The van der Waals surface area contributed by atoms with Crippen LogP contribution in [0.25, 0.3) is 6.08 Å². The molecule has 0 N–H and O–H groups in total. The largest absolute Gasteiger partial charge is 0.487 e. The van der Waals surface area contributed by atoms with Crippen LogP contribution in [0.4, 0.5) is 22.0 Å². The first-order valence-electron chi connectivity index (χ1n) is 12.5. The van der Waals surface area contributed by atoms with Crippen molar-refractivity contribution in [2.75, 3.05) is 6.61 Å². The van der Waals surface area contributed by atoms with E-state index in [1.165, 1.54) is 82.8 Å².